The molecule has 2 atom stereocenters. The van der Waals surface area contributed by atoms with Crippen LogP contribution in [0.3, 0.4) is 0 Å². The number of fused-ring (bicyclic) bond motifs is 2. The minimum absolute atomic E-state index is 0.0741. The summed E-state index contributed by atoms with van der Waals surface area (Å²) in [4.78, 5) is 2.14. The number of hydrogen-bond acceptors (Lipinski definition) is 5. The normalized spacial score (nSPS) is 23.9. The number of likely N-dealkylation sites (N-methyl/N-ethyl adjacent to an activating group) is 1. The van der Waals surface area contributed by atoms with Crippen LogP contribution in [0.25, 0.3) is 10.8 Å². The van der Waals surface area contributed by atoms with Gasteiger partial charge in [-0.25, -0.2) is 0 Å². The molecular weight excluding hydrogens is 346 g/mol. The Labute approximate surface area is 164 Å². The van der Waals surface area contributed by atoms with Gasteiger partial charge in [-0.1, -0.05) is 48.5 Å². The fraction of sp³-hybridized carbons (Fsp3) is 0.261. The minimum Gasteiger partial charge on any atom is -0.399 e. The van der Waals surface area contributed by atoms with Gasteiger partial charge in [-0.2, -0.15) is 15.8 Å². The SMILES string of the molecule is CN1CC=C2C(C#N)=C(N)C(C#N)(C#N)C(c3cccc4ccccc34)C2C1. The highest BCUT2D eigenvalue weighted by Gasteiger charge is 2.54. The van der Waals surface area contributed by atoms with Crippen LogP contribution in [-0.4, -0.2) is 25.0 Å². The molecule has 5 heteroatoms. The van der Waals surface area contributed by atoms with Crippen molar-refractivity contribution >= 4 is 10.8 Å². The van der Waals surface area contributed by atoms with Crippen LogP contribution < -0.4 is 5.73 Å². The van der Waals surface area contributed by atoms with Gasteiger partial charge in [0.2, 0.25) is 0 Å². The molecule has 2 aliphatic rings. The molecule has 1 heterocycles. The lowest BCUT2D eigenvalue weighted by molar-refractivity contribution is 0.238. The zero-order valence-electron chi connectivity index (χ0n) is 15.6. The highest BCUT2D eigenvalue weighted by Crippen LogP contribution is 2.55. The fourth-order valence-corrected chi connectivity index (χ4v) is 4.69. The van der Waals surface area contributed by atoms with Crippen LogP contribution in [0.4, 0.5) is 0 Å². The molecule has 2 N–H and O–H groups in total. The molecule has 0 bridgehead atoms. The number of nitrogens with zero attached hydrogens (tertiary/aromatic N) is 4. The molecule has 5 nitrogen and oxygen atoms in total. The summed E-state index contributed by atoms with van der Waals surface area (Å²) in [7, 11) is 2.00. The molecule has 28 heavy (non-hydrogen) atoms. The third-order valence-corrected chi connectivity index (χ3v) is 6.01. The Morgan fingerprint density at radius 3 is 2.50 bits per heavy atom. The summed E-state index contributed by atoms with van der Waals surface area (Å²) >= 11 is 0. The predicted octanol–water partition coefficient (Wildman–Crippen LogP) is 3.19. The van der Waals surface area contributed by atoms with Crippen LogP contribution in [0.15, 0.2) is 65.4 Å². The number of hydrogen-bond donors (Lipinski definition) is 1. The van der Waals surface area contributed by atoms with E-state index in [-0.39, 0.29) is 17.2 Å². The first-order valence-electron chi connectivity index (χ1n) is 9.17. The van der Waals surface area contributed by atoms with E-state index in [2.05, 4.69) is 23.1 Å². The quantitative estimate of drug-likeness (QED) is 0.836. The summed E-state index contributed by atoms with van der Waals surface area (Å²) in [5.74, 6) is -0.620. The van der Waals surface area contributed by atoms with Crippen molar-refractivity contribution in [3.05, 3.63) is 70.9 Å². The van der Waals surface area contributed by atoms with Gasteiger partial charge in [0.25, 0.3) is 0 Å². The summed E-state index contributed by atoms with van der Waals surface area (Å²) in [6, 6.07) is 20.5. The van der Waals surface area contributed by atoms with Crippen molar-refractivity contribution in [2.45, 2.75) is 5.92 Å². The van der Waals surface area contributed by atoms with Crippen LogP contribution >= 0.6 is 0 Å². The van der Waals surface area contributed by atoms with Gasteiger partial charge in [-0.05, 0) is 29.0 Å². The maximum atomic E-state index is 10.2. The zero-order chi connectivity index (χ0) is 19.9. The van der Waals surface area contributed by atoms with E-state index in [1.54, 1.807) is 0 Å². The molecule has 0 amide bonds. The van der Waals surface area contributed by atoms with E-state index in [1.807, 2.05) is 55.6 Å². The van der Waals surface area contributed by atoms with Crippen molar-refractivity contribution in [3.8, 4) is 18.2 Å². The summed E-state index contributed by atoms with van der Waals surface area (Å²) < 4.78 is 0. The van der Waals surface area contributed by atoms with Gasteiger partial charge in [0.15, 0.2) is 5.41 Å². The van der Waals surface area contributed by atoms with Crippen LogP contribution in [0.2, 0.25) is 0 Å². The molecule has 0 saturated heterocycles. The Bertz CT molecular complexity index is 1130. The second kappa shape index (κ2) is 6.54. The van der Waals surface area contributed by atoms with E-state index in [0.717, 1.165) is 21.9 Å². The number of allylic oxidation sites excluding steroid dienone is 2. The van der Waals surface area contributed by atoms with E-state index in [1.165, 1.54) is 0 Å². The molecular formula is C23H19N5. The van der Waals surface area contributed by atoms with Crippen molar-refractivity contribution in [2.24, 2.45) is 17.1 Å². The summed E-state index contributed by atoms with van der Waals surface area (Å²) in [6.45, 7) is 1.36. The van der Waals surface area contributed by atoms with Crippen molar-refractivity contribution in [3.63, 3.8) is 0 Å². The predicted molar refractivity (Wildman–Crippen MR) is 106 cm³/mol. The molecule has 136 valence electrons. The largest absolute Gasteiger partial charge is 0.399 e. The molecule has 1 aliphatic heterocycles. The first-order chi connectivity index (χ1) is 13.6. The van der Waals surface area contributed by atoms with Gasteiger partial charge in [0, 0.05) is 24.9 Å². The van der Waals surface area contributed by atoms with Gasteiger partial charge >= 0.3 is 0 Å². The molecule has 0 saturated carbocycles. The lowest BCUT2D eigenvalue weighted by Crippen LogP contribution is -2.47. The zero-order valence-corrected chi connectivity index (χ0v) is 15.6. The van der Waals surface area contributed by atoms with Crippen LogP contribution in [-0.2, 0) is 0 Å². The average molecular weight is 365 g/mol. The molecule has 2 unspecified atom stereocenters. The second-order valence-electron chi connectivity index (χ2n) is 7.47. The van der Waals surface area contributed by atoms with Gasteiger partial charge in [0.05, 0.1) is 23.4 Å². The summed E-state index contributed by atoms with van der Waals surface area (Å²) in [6.07, 6.45) is 2.01. The van der Waals surface area contributed by atoms with Crippen molar-refractivity contribution < 1.29 is 0 Å². The molecule has 0 fully saturated rings. The van der Waals surface area contributed by atoms with E-state index < -0.39 is 11.3 Å². The third-order valence-electron chi connectivity index (χ3n) is 6.01. The first-order valence-corrected chi connectivity index (χ1v) is 9.17. The number of rotatable bonds is 1. The maximum Gasteiger partial charge on any atom is 0.191 e. The van der Waals surface area contributed by atoms with E-state index in [9.17, 15) is 15.8 Å². The first kappa shape index (κ1) is 17.8. The highest BCUT2D eigenvalue weighted by molar-refractivity contribution is 5.87. The molecule has 2 aromatic rings. The number of nitriles is 3. The van der Waals surface area contributed by atoms with Gasteiger partial charge in [0.1, 0.15) is 6.07 Å². The Hall–Kier alpha value is -3.59. The van der Waals surface area contributed by atoms with E-state index in [0.29, 0.717) is 13.1 Å². The molecule has 0 radical (unpaired) electrons. The molecule has 0 aromatic heterocycles. The topological polar surface area (TPSA) is 101 Å². The third kappa shape index (κ3) is 2.33. The lowest BCUT2D eigenvalue weighted by Gasteiger charge is -2.45. The van der Waals surface area contributed by atoms with Crippen molar-refractivity contribution in [2.75, 3.05) is 20.1 Å². The lowest BCUT2D eigenvalue weighted by atomic mass is 9.57. The number of nitrogens with two attached hydrogens (primary N) is 1. The monoisotopic (exact) mass is 365 g/mol. The summed E-state index contributed by atoms with van der Waals surface area (Å²) in [5, 5.41) is 32.1. The highest BCUT2D eigenvalue weighted by atomic mass is 15.1. The second-order valence-corrected chi connectivity index (χ2v) is 7.47. The van der Waals surface area contributed by atoms with E-state index >= 15 is 0 Å². The Morgan fingerprint density at radius 1 is 1.07 bits per heavy atom. The Balaban J connectivity index is 2.09. The van der Waals surface area contributed by atoms with Gasteiger partial charge in [-0.3, -0.25) is 0 Å². The minimum atomic E-state index is -1.59. The smallest absolute Gasteiger partial charge is 0.191 e. The molecule has 2 aromatic carbocycles. The summed E-state index contributed by atoms with van der Waals surface area (Å²) in [5.41, 5.74) is 6.92. The average Bonchev–Trinajstić information content (AvgIpc) is 2.73. The molecule has 4 rings (SSSR count). The Kier molecular flexibility index (Phi) is 4.16. The fourth-order valence-electron chi connectivity index (χ4n) is 4.69. The van der Waals surface area contributed by atoms with Gasteiger partial charge < -0.3 is 10.6 Å². The van der Waals surface area contributed by atoms with Crippen molar-refractivity contribution in [1.29, 1.82) is 15.8 Å². The van der Waals surface area contributed by atoms with E-state index in [4.69, 9.17) is 5.73 Å². The van der Waals surface area contributed by atoms with Gasteiger partial charge in [-0.15, -0.1) is 0 Å². The molecule has 1 aliphatic carbocycles. The standard InChI is InChI=1S/C23H19N5/c1-28-10-9-17-19(11-24)22(27)23(13-25,14-26)21(20(17)12-28)18-8-4-6-15-5-2-3-7-16(15)18/h2-9,20-21H,10,12,27H2,1H3. The molecule has 0 spiro atoms. The van der Waals surface area contributed by atoms with Crippen molar-refractivity contribution in [1.82, 2.24) is 4.90 Å². The maximum absolute atomic E-state index is 10.2. The van der Waals surface area contributed by atoms with Crippen LogP contribution in [0.5, 0.6) is 0 Å². The van der Waals surface area contributed by atoms with Crippen LogP contribution in [0, 0.1) is 45.3 Å². The number of benzene rings is 2. The Morgan fingerprint density at radius 2 is 1.79 bits per heavy atom. The van der Waals surface area contributed by atoms with Crippen LogP contribution in [0.1, 0.15) is 11.5 Å².